The molecule has 3 rings (SSSR count). The van der Waals surface area contributed by atoms with Gasteiger partial charge in [0.1, 0.15) is 6.04 Å². The topological polar surface area (TPSA) is 49.4 Å². The van der Waals surface area contributed by atoms with E-state index in [2.05, 4.69) is 17.4 Å². The van der Waals surface area contributed by atoms with Gasteiger partial charge >= 0.3 is 0 Å². The van der Waals surface area contributed by atoms with Gasteiger partial charge in [-0.15, -0.1) is 11.8 Å². The summed E-state index contributed by atoms with van der Waals surface area (Å²) in [5, 5.41) is 3.15. The number of thioether (sulfide) groups is 1. The van der Waals surface area contributed by atoms with Gasteiger partial charge in [0.2, 0.25) is 11.8 Å². The molecule has 0 aliphatic heterocycles. The minimum absolute atomic E-state index is 0.0183. The molecule has 2 aromatic carbocycles. The van der Waals surface area contributed by atoms with E-state index in [-0.39, 0.29) is 17.9 Å². The van der Waals surface area contributed by atoms with Crippen LogP contribution in [0.15, 0.2) is 53.4 Å². The molecule has 2 amide bonds. The van der Waals surface area contributed by atoms with Crippen molar-refractivity contribution in [1.29, 1.82) is 0 Å². The Bertz CT molecular complexity index is 842. The zero-order valence-corrected chi connectivity index (χ0v) is 19.0. The molecule has 2 aromatic rings. The summed E-state index contributed by atoms with van der Waals surface area (Å²) < 4.78 is 0. The molecule has 0 spiro atoms. The summed E-state index contributed by atoms with van der Waals surface area (Å²) in [6, 6.07) is 16.1. The smallest absolute Gasteiger partial charge is 0.242 e. The predicted octanol–water partition coefficient (Wildman–Crippen LogP) is 4.87. The van der Waals surface area contributed by atoms with Crippen molar-refractivity contribution in [2.45, 2.75) is 70.0 Å². The van der Waals surface area contributed by atoms with E-state index in [4.69, 9.17) is 0 Å². The van der Waals surface area contributed by atoms with Crippen LogP contribution in [0.25, 0.3) is 0 Å². The maximum absolute atomic E-state index is 13.2. The molecule has 160 valence electrons. The van der Waals surface area contributed by atoms with Gasteiger partial charge in [-0.1, -0.05) is 60.4 Å². The van der Waals surface area contributed by atoms with Crippen LogP contribution in [0.3, 0.4) is 0 Å². The monoisotopic (exact) mass is 424 g/mol. The maximum Gasteiger partial charge on any atom is 0.242 e. The number of amides is 2. The lowest BCUT2D eigenvalue weighted by atomic mass is 10.1. The predicted molar refractivity (Wildman–Crippen MR) is 123 cm³/mol. The number of aryl methyl sites for hydroxylation is 2. The normalized spacial score (nSPS) is 15.0. The highest BCUT2D eigenvalue weighted by Crippen LogP contribution is 2.21. The van der Waals surface area contributed by atoms with Crippen LogP contribution in [-0.4, -0.2) is 34.6 Å². The van der Waals surface area contributed by atoms with Crippen molar-refractivity contribution in [2.75, 3.05) is 5.75 Å². The summed E-state index contributed by atoms with van der Waals surface area (Å²) in [5.41, 5.74) is 3.41. The van der Waals surface area contributed by atoms with E-state index in [0.29, 0.717) is 12.3 Å². The Hall–Kier alpha value is -2.27. The first-order valence-corrected chi connectivity index (χ1v) is 11.8. The second kappa shape index (κ2) is 10.7. The number of hydrogen-bond acceptors (Lipinski definition) is 3. The summed E-state index contributed by atoms with van der Waals surface area (Å²) >= 11 is 1.52. The fourth-order valence-corrected chi connectivity index (χ4v) is 4.51. The molecule has 1 unspecified atom stereocenters. The minimum Gasteiger partial charge on any atom is -0.352 e. The Morgan fingerprint density at radius 2 is 1.57 bits per heavy atom. The van der Waals surface area contributed by atoms with Gasteiger partial charge < -0.3 is 10.2 Å². The highest BCUT2D eigenvalue weighted by Gasteiger charge is 2.28. The second-order valence-electron chi connectivity index (χ2n) is 8.27. The lowest BCUT2D eigenvalue weighted by Crippen LogP contribution is -2.50. The average Bonchev–Trinajstić information content (AvgIpc) is 3.25. The van der Waals surface area contributed by atoms with Crippen molar-refractivity contribution in [1.82, 2.24) is 10.2 Å². The number of nitrogens with one attached hydrogen (secondary N) is 1. The SMILES string of the molecule is Cc1ccc(CN(C(=O)CSc2ccc(C)cc2)C(C)C(=O)NC2CCCC2)cc1. The molecule has 30 heavy (non-hydrogen) atoms. The van der Waals surface area contributed by atoms with Crippen LogP contribution in [-0.2, 0) is 16.1 Å². The minimum atomic E-state index is -0.502. The van der Waals surface area contributed by atoms with Gasteiger partial charge in [0.25, 0.3) is 0 Å². The summed E-state index contributed by atoms with van der Waals surface area (Å²) in [7, 11) is 0. The van der Waals surface area contributed by atoms with E-state index in [9.17, 15) is 9.59 Å². The van der Waals surface area contributed by atoms with Crippen molar-refractivity contribution in [3.05, 3.63) is 65.2 Å². The molecule has 1 aliphatic carbocycles. The standard InChI is InChI=1S/C25H32N2O2S/c1-18-8-12-21(13-9-18)16-27(20(3)25(29)26-22-6-4-5-7-22)24(28)17-30-23-14-10-19(2)11-15-23/h8-15,20,22H,4-7,16-17H2,1-3H3,(H,26,29). The Morgan fingerprint density at radius 3 is 2.17 bits per heavy atom. The van der Waals surface area contributed by atoms with Gasteiger partial charge in [0.05, 0.1) is 5.75 Å². The van der Waals surface area contributed by atoms with Crippen LogP contribution in [0.4, 0.5) is 0 Å². The molecule has 0 saturated heterocycles. The zero-order valence-electron chi connectivity index (χ0n) is 18.2. The maximum atomic E-state index is 13.2. The van der Waals surface area contributed by atoms with Gasteiger partial charge in [-0.3, -0.25) is 9.59 Å². The lowest BCUT2D eigenvalue weighted by molar-refractivity contribution is -0.138. The largest absolute Gasteiger partial charge is 0.352 e. The highest BCUT2D eigenvalue weighted by atomic mass is 32.2. The van der Waals surface area contributed by atoms with E-state index in [1.807, 2.05) is 57.2 Å². The molecule has 0 radical (unpaired) electrons. The van der Waals surface area contributed by atoms with Crippen LogP contribution in [0.1, 0.15) is 49.3 Å². The number of rotatable bonds is 8. The van der Waals surface area contributed by atoms with Crippen molar-refractivity contribution < 1.29 is 9.59 Å². The van der Waals surface area contributed by atoms with E-state index in [1.54, 1.807) is 4.90 Å². The number of carbonyl (C=O) groups is 2. The van der Waals surface area contributed by atoms with Crippen molar-refractivity contribution in [3.63, 3.8) is 0 Å². The van der Waals surface area contributed by atoms with E-state index >= 15 is 0 Å². The van der Waals surface area contributed by atoms with Gasteiger partial charge in [0, 0.05) is 17.5 Å². The van der Waals surface area contributed by atoms with Crippen molar-refractivity contribution >= 4 is 23.6 Å². The van der Waals surface area contributed by atoms with Gasteiger partial charge in [0.15, 0.2) is 0 Å². The Balaban J connectivity index is 1.69. The number of nitrogens with zero attached hydrogens (tertiary/aromatic N) is 1. The lowest BCUT2D eigenvalue weighted by Gasteiger charge is -2.29. The molecule has 1 atom stereocenters. The first-order valence-electron chi connectivity index (χ1n) is 10.8. The molecule has 1 saturated carbocycles. The van der Waals surface area contributed by atoms with Gasteiger partial charge in [-0.25, -0.2) is 0 Å². The van der Waals surface area contributed by atoms with E-state index in [0.717, 1.165) is 23.3 Å². The highest BCUT2D eigenvalue weighted by molar-refractivity contribution is 8.00. The van der Waals surface area contributed by atoms with E-state index in [1.165, 1.54) is 35.7 Å². The molecular weight excluding hydrogens is 392 g/mol. The van der Waals surface area contributed by atoms with Crippen molar-refractivity contribution in [3.8, 4) is 0 Å². The molecule has 0 bridgehead atoms. The molecular formula is C25H32N2O2S. The Labute approximate surface area is 184 Å². The van der Waals surface area contributed by atoms with Crippen LogP contribution in [0.5, 0.6) is 0 Å². The Morgan fingerprint density at radius 1 is 1.00 bits per heavy atom. The fraction of sp³-hybridized carbons (Fsp3) is 0.440. The third kappa shape index (κ3) is 6.36. The van der Waals surface area contributed by atoms with Crippen molar-refractivity contribution in [2.24, 2.45) is 0 Å². The molecule has 1 N–H and O–H groups in total. The zero-order chi connectivity index (χ0) is 21.5. The molecule has 1 fully saturated rings. The number of benzene rings is 2. The second-order valence-corrected chi connectivity index (χ2v) is 9.32. The molecule has 0 heterocycles. The van der Waals surface area contributed by atoms with E-state index < -0.39 is 6.04 Å². The summed E-state index contributed by atoms with van der Waals surface area (Å²) in [6.45, 7) is 6.37. The number of hydrogen-bond donors (Lipinski definition) is 1. The summed E-state index contributed by atoms with van der Waals surface area (Å²) in [6.07, 6.45) is 4.40. The van der Waals surface area contributed by atoms with Crippen LogP contribution >= 0.6 is 11.8 Å². The number of carbonyl (C=O) groups excluding carboxylic acids is 2. The fourth-order valence-electron chi connectivity index (χ4n) is 3.73. The first kappa shape index (κ1) is 22.4. The average molecular weight is 425 g/mol. The molecule has 5 heteroatoms. The molecule has 4 nitrogen and oxygen atoms in total. The van der Waals surface area contributed by atoms with Crippen LogP contribution in [0, 0.1) is 13.8 Å². The van der Waals surface area contributed by atoms with Crippen LogP contribution in [0.2, 0.25) is 0 Å². The third-order valence-electron chi connectivity index (χ3n) is 5.73. The Kier molecular flexibility index (Phi) is 7.97. The quantitative estimate of drug-likeness (QED) is 0.615. The summed E-state index contributed by atoms with van der Waals surface area (Å²) in [5.74, 6) is 0.244. The van der Waals surface area contributed by atoms with Gasteiger partial charge in [-0.2, -0.15) is 0 Å². The third-order valence-corrected chi connectivity index (χ3v) is 6.72. The van der Waals surface area contributed by atoms with Crippen LogP contribution < -0.4 is 5.32 Å². The van der Waals surface area contributed by atoms with Gasteiger partial charge in [-0.05, 0) is 51.3 Å². The molecule has 1 aliphatic rings. The molecule has 0 aromatic heterocycles. The summed E-state index contributed by atoms with van der Waals surface area (Å²) in [4.78, 5) is 28.8. The first-order chi connectivity index (χ1) is 14.4.